The first kappa shape index (κ1) is 14.6. The van der Waals surface area contributed by atoms with Gasteiger partial charge in [0.2, 0.25) is 5.91 Å². The standard InChI is InChI=1S/C14H21FN2O/c1-4-16-10-9-14(18)17(3)11(2)12-7-5-6-8-13(12)15/h5-8,11,16H,4,9-10H2,1-3H3. The third kappa shape index (κ3) is 3.81. The first-order valence-corrected chi connectivity index (χ1v) is 6.28. The molecule has 0 saturated carbocycles. The van der Waals surface area contributed by atoms with Crippen molar-refractivity contribution >= 4 is 5.91 Å². The van der Waals surface area contributed by atoms with Crippen LogP contribution in [-0.2, 0) is 4.79 Å². The van der Waals surface area contributed by atoms with Crippen molar-refractivity contribution in [2.45, 2.75) is 26.3 Å². The van der Waals surface area contributed by atoms with Gasteiger partial charge < -0.3 is 10.2 Å². The Bertz CT molecular complexity index is 395. The molecule has 100 valence electrons. The second-order valence-electron chi connectivity index (χ2n) is 4.31. The van der Waals surface area contributed by atoms with E-state index in [9.17, 15) is 9.18 Å². The lowest BCUT2D eigenvalue weighted by atomic mass is 10.1. The average Bonchev–Trinajstić information content (AvgIpc) is 2.38. The molecule has 0 radical (unpaired) electrons. The highest BCUT2D eigenvalue weighted by atomic mass is 19.1. The van der Waals surface area contributed by atoms with Crippen molar-refractivity contribution in [1.29, 1.82) is 0 Å². The lowest BCUT2D eigenvalue weighted by Crippen LogP contribution is -2.32. The second-order valence-corrected chi connectivity index (χ2v) is 4.31. The van der Waals surface area contributed by atoms with Gasteiger partial charge in [0.05, 0.1) is 6.04 Å². The summed E-state index contributed by atoms with van der Waals surface area (Å²) in [6.07, 6.45) is 0.434. The molecule has 0 bridgehead atoms. The minimum Gasteiger partial charge on any atom is -0.339 e. The van der Waals surface area contributed by atoms with Gasteiger partial charge in [0.1, 0.15) is 5.82 Å². The molecular weight excluding hydrogens is 231 g/mol. The monoisotopic (exact) mass is 252 g/mol. The Balaban J connectivity index is 2.63. The van der Waals surface area contributed by atoms with Crippen LogP contribution in [-0.4, -0.2) is 30.9 Å². The zero-order valence-electron chi connectivity index (χ0n) is 11.2. The summed E-state index contributed by atoms with van der Waals surface area (Å²) in [4.78, 5) is 13.5. The molecule has 4 heteroatoms. The highest BCUT2D eigenvalue weighted by Gasteiger charge is 2.19. The Morgan fingerprint density at radius 1 is 1.44 bits per heavy atom. The number of nitrogens with one attached hydrogen (secondary N) is 1. The molecule has 0 aliphatic rings. The highest BCUT2D eigenvalue weighted by Crippen LogP contribution is 2.21. The molecule has 1 atom stereocenters. The summed E-state index contributed by atoms with van der Waals surface area (Å²) < 4.78 is 13.6. The largest absolute Gasteiger partial charge is 0.339 e. The minimum atomic E-state index is -0.267. The summed E-state index contributed by atoms with van der Waals surface area (Å²) in [6, 6.07) is 6.32. The van der Waals surface area contributed by atoms with E-state index in [1.807, 2.05) is 13.8 Å². The summed E-state index contributed by atoms with van der Waals surface area (Å²) >= 11 is 0. The van der Waals surface area contributed by atoms with Crippen LogP contribution in [0.2, 0.25) is 0 Å². The molecule has 0 saturated heterocycles. The van der Waals surface area contributed by atoms with Crippen molar-refractivity contribution in [3.05, 3.63) is 35.6 Å². The quantitative estimate of drug-likeness (QED) is 0.788. The summed E-state index contributed by atoms with van der Waals surface area (Å²) in [5.74, 6) is -0.247. The molecule has 1 amide bonds. The predicted octanol–water partition coefficient (Wildman–Crippen LogP) is 2.34. The lowest BCUT2D eigenvalue weighted by molar-refractivity contribution is -0.131. The Labute approximate surface area is 108 Å². The average molecular weight is 252 g/mol. The van der Waals surface area contributed by atoms with Crippen LogP contribution in [0.15, 0.2) is 24.3 Å². The van der Waals surface area contributed by atoms with E-state index in [0.717, 1.165) is 6.54 Å². The first-order chi connectivity index (χ1) is 8.57. The smallest absolute Gasteiger partial charge is 0.224 e. The third-order valence-corrected chi connectivity index (χ3v) is 3.10. The Hall–Kier alpha value is -1.42. The molecule has 0 aliphatic carbocycles. The van der Waals surface area contributed by atoms with E-state index >= 15 is 0 Å². The van der Waals surface area contributed by atoms with Crippen LogP contribution in [0.3, 0.4) is 0 Å². The minimum absolute atomic E-state index is 0.0201. The van der Waals surface area contributed by atoms with E-state index in [-0.39, 0.29) is 17.8 Å². The second kappa shape index (κ2) is 7.11. The zero-order valence-corrected chi connectivity index (χ0v) is 11.2. The van der Waals surface area contributed by atoms with Gasteiger partial charge in [0, 0.05) is 25.6 Å². The summed E-state index contributed by atoms with van der Waals surface area (Å²) in [5, 5.41) is 3.10. The number of benzene rings is 1. The van der Waals surface area contributed by atoms with Crippen LogP contribution in [0, 0.1) is 5.82 Å². The molecule has 1 unspecified atom stereocenters. The summed E-state index contributed by atoms with van der Waals surface area (Å²) in [5.41, 5.74) is 0.553. The fourth-order valence-electron chi connectivity index (χ4n) is 1.79. The Morgan fingerprint density at radius 2 is 2.11 bits per heavy atom. The van der Waals surface area contributed by atoms with Crippen LogP contribution in [0.1, 0.15) is 31.9 Å². The molecule has 0 fully saturated rings. The molecule has 0 aromatic heterocycles. The third-order valence-electron chi connectivity index (χ3n) is 3.10. The number of carbonyl (C=O) groups is 1. The molecule has 1 aromatic rings. The SMILES string of the molecule is CCNCCC(=O)N(C)C(C)c1ccccc1F. The predicted molar refractivity (Wildman–Crippen MR) is 70.7 cm³/mol. The van der Waals surface area contributed by atoms with E-state index in [2.05, 4.69) is 5.32 Å². The topological polar surface area (TPSA) is 32.3 Å². The van der Waals surface area contributed by atoms with Crippen molar-refractivity contribution in [2.75, 3.05) is 20.1 Å². The van der Waals surface area contributed by atoms with Crippen LogP contribution in [0.5, 0.6) is 0 Å². The number of halogens is 1. The van der Waals surface area contributed by atoms with E-state index in [4.69, 9.17) is 0 Å². The van der Waals surface area contributed by atoms with Gasteiger partial charge in [0.25, 0.3) is 0 Å². The maximum Gasteiger partial charge on any atom is 0.224 e. The number of rotatable bonds is 6. The Morgan fingerprint density at radius 3 is 2.72 bits per heavy atom. The molecule has 1 rings (SSSR count). The van der Waals surface area contributed by atoms with Crippen molar-refractivity contribution < 1.29 is 9.18 Å². The zero-order chi connectivity index (χ0) is 13.5. The van der Waals surface area contributed by atoms with E-state index < -0.39 is 0 Å². The first-order valence-electron chi connectivity index (χ1n) is 6.28. The Kier molecular flexibility index (Phi) is 5.78. The molecular formula is C14H21FN2O. The maximum atomic E-state index is 13.6. The van der Waals surface area contributed by atoms with E-state index in [1.165, 1.54) is 6.07 Å². The van der Waals surface area contributed by atoms with E-state index in [1.54, 1.807) is 30.1 Å². The normalized spacial score (nSPS) is 12.2. The van der Waals surface area contributed by atoms with Gasteiger partial charge in [-0.15, -0.1) is 0 Å². The number of carbonyl (C=O) groups excluding carboxylic acids is 1. The number of nitrogens with zero attached hydrogens (tertiary/aromatic N) is 1. The number of amides is 1. The molecule has 1 aromatic carbocycles. The maximum absolute atomic E-state index is 13.6. The molecule has 0 spiro atoms. The van der Waals surface area contributed by atoms with Gasteiger partial charge in [0.15, 0.2) is 0 Å². The number of hydrogen-bond donors (Lipinski definition) is 1. The summed E-state index contributed by atoms with van der Waals surface area (Å²) in [6.45, 7) is 5.34. The fourth-order valence-corrected chi connectivity index (χ4v) is 1.79. The molecule has 0 heterocycles. The van der Waals surface area contributed by atoms with Crippen molar-refractivity contribution in [2.24, 2.45) is 0 Å². The summed E-state index contributed by atoms with van der Waals surface area (Å²) in [7, 11) is 1.71. The van der Waals surface area contributed by atoms with Crippen molar-refractivity contribution in [1.82, 2.24) is 10.2 Å². The molecule has 0 aliphatic heterocycles. The van der Waals surface area contributed by atoms with Gasteiger partial charge in [-0.05, 0) is 19.5 Å². The highest BCUT2D eigenvalue weighted by molar-refractivity contribution is 5.76. The van der Waals surface area contributed by atoms with Gasteiger partial charge in [-0.1, -0.05) is 25.1 Å². The van der Waals surface area contributed by atoms with Gasteiger partial charge in [-0.25, -0.2) is 4.39 Å². The lowest BCUT2D eigenvalue weighted by Gasteiger charge is -2.25. The molecule has 18 heavy (non-hydrogen) atoms. The molecule has 3 nitrogen and oxygen atoms in total. The van der Waals surface area contributed by atoms with Crippen LogP contribution >= 0.6 is 0 Å². The van der Waals surface area contributed by atoms with E-state index in [0.29, 0.717) is 18.5 Å². The van der Waals surface area contributed by atoms with Gasteiger partial charge >= 0.3 is 0 Å². The van der Waals surface area contributed by atoms with Crippen molar-refractivity contribution in [3.63, 3.8) is 0 Å². The van der Waals surface area contributed by atoms with Gasteiger partial charge in [-0.3, -0.25) is 4.79 Å². The van der Waals surface area contributed by atoms with Gasteiger partial charge in [-0.2, -0.15) is 0 Å². The van der Waals surface area contributed by atoms with Crippen molar-refractivity contribution in [3.8, 4) is 0 Å². The van der Waals surface area contributed by atoms with Crippen LogP contribution in [0.25, 0.3) is 0 Å². The van der Waals surface area contributed by atoms with Crippen LogP contribution in [0.4, 0.5) is 4.39 Å². The fraction of sp³-hybridized carbons (Fsp3) is 0.500. The number of hydrogen-bond acceptors (Lipinski definition) is 2. The van der Waals surface area contributed by atoms with Crippen LogP contribution < -0.4 is 5.32 Å². The molecule has 1 N–H and O–H groups in total.